The number of hydrogen-bond donors (Lipinski definition) is 3. The van der Waals surface area contributed by atoms with Crippen LogP contribution in [0, 0.1) is 0 Å². The summed E-state index contributed by atoms with van der Waals surface area (Å²) in [5.74, 6) is 0.304. The molecule has 1 saturated heterocycles. The molecule has 0 spiro atoms. The lowest BCUT2D eigenvalue weighted by Gasteiger charge is -2.34. The molecule has 1 atom stereocenters. The monoisotopic (exact) mass is 336 g/mol. The maximum absolute atomic E-state index is 11.0. The fourth-order valence-corrected chi connectivity index (χ4v) is 3.86. The van der Waals surface area contributed by atoms with Gasteiger partial charge in [0.15, 0.2) is 5.75 Å². The molecule has 0 unspecified atom stereocenters. The van der Waals surface area contributed by atoms with Crippen molar-refractivity contribution in [2.24, 2.45) is 0 Å². The molecule has 1 aromatic carbocycles. The van der Waals surface area contributed by atoms with Crippen molar-refractivity contribution in [2.75, 3.05) is 33.2 Å². The fourth-order valence-electron chi connectivity index (χ4n) is 3.86. The van der Waals surface area contributed by atoms with Gasteiger partial charge in [0.05, 0.1) is 12.6 Å². The Labute approximate surface area is 147 Å². The predicted molar refractivity (Wildman–Crippen MR) is 96.8 cm³/mol. The van der Waals surface area contributed by atoms with Crippen LogP contribution >= 0.6 is 0 Å². The molecule has 0 radical (unpaired) electrons. The normalized spacial score (nSPS) is 22.0. The van der Waals surface area contributed by atoms with Crippen molar-refractivity contribution in [2.45, 2.75) is 6.04 Å². The molecular formula is C20H24N4O+2. The minimum atomic E-state index is 0.0995. The number of pyridine rings is 2. The van der Waals surface area contributed by atoms with Gasteiger partial charge < -0.3 is 14.9 Å². The lowest BCUT2D eigenvalue weighted by Crippen LogP contribution is -3.27. The third-order valence-corrected chi connectivity index (χ3v) is 5.28. The zero-order valence-corrected chi connectivity index (χ0v) is 14.4. The molecule has 3 heterocycles. The van der Waals surface area contributed by atoms with Crippen molar-refractivity contribution in [3.05, 3.63) is 66.1 Å². The van der Waals surface area contributed by atoms with E-state index in [4.69, 9.17) is 0 Å². The summed E-state index contributed by atoms with van der Waals surface area (Å²) in [7, 11) is 2.25. The van der Waals surface area contributed by atoms with Gasteiger partial charge in [-0.05, 0) is 24.3 Å². The van der Waals surface area contributed by atoms with Crippen molar-refractivity contribution in [1.29, 1.82) is 0 Å². The Hall–Kier alpha value is -2.50. The van der Waals surface area contributed by atoms with Gasteiger partial charge >= 0.3 is 0 Å². The molecule has 0 amide bonds. The van der Waals surface area contributed by atoms with E-state index < -0.39 is 0 Å². The van der Waals surface area contributed by atoms with Gasteiger partial charge in [0.1, 0.15) is 37.7 Å². The van der Waals surface area contributed by atoms with Gasteiger partial charge in [-0.1, -0.05) is 12.1 Å². The van der Waals surface area contributed by atoms with Crippen LogP contribution in [-0.4, -0.2) is 48.3 Å². The fraction of sp³-hybridized carbons (Fsp3) is 0.300. The molecule has 0 saturated carbocycles. The van der Waals surface area contributed by atoms with Crippen LogP contribution < -0.4 is 9.80 Å². The van der Waals surface area contributed by atoms with Crippen molar-refractivity contribution >= 4 is 10.9 Å². The molecule has 25 heavy (non-hydrogen) atoms. The summed E-state index contributed by atoms with van der Waals surface area (Å²) in [6.07, 6.45) is 5.40. The van der Waals surface area contributed by atoms with Crippen LogP contribution in [0.2, 0.25) is 0 Å². The number of nitrogens with zero attached hydrogens (tertiary/aromatic N) is 2. The first-order chi connectivity index (χ1) is 12.2. The third-order valence-electron chi connectivity index (χ3n) is 5.28. The number of hydrogen-bond acceptors (Lipinski definition) is 3. The van der Waals surface area contributed by atoms with Crippen LogP contribution in [0.4, 0.5) is 0 Å². The first kappa shape index (κ1) is 16.0. The SMILES string of the molecule is C[NH+]1CC[NH+]([C@@H](c2ccncc2)c2ccc3cccnc3c2O)CC1. The predicted octanol–water partition coefficient (Wildman–Crippen LogP) is -0.162. The average molecular weight is 336 g/mol. The molecule has 3 aromatic rings. The van der Waals surface area contributed by atoms with E-state index >= 15 is 0 Å². The Kier molecular flexibility index (Phi) is 4.34. The summed E-state index contributed by atoms with van der Waals surface area (Å²) >= 11 is 0. The standard InChI is InChI=1S/C20H22N4O/c1-23-11-13-24(14-12-23)19(16-6-9-21-10-7-16)17-5-4-15-3-2-8-22-18(15)20(17)25/h2-10,19,25H,11-14H2,1H3/p+2/t19-/m0/s1. The van der Waals surface area contributed by atoms with E-state index in [1.54, 1.807) is 11.1 Å². The van der Waals surface area contributed by atoms with Gasteiger partial charge in [-0.2, -0.15) is 0 Å². The van der Waals surface area contributed by atoms with Crippen LogP contribution in [0.15, 0.2) is 55.0 Å². The Morgan fingerprint density at radius 1 is 0.960 bits per heavy atom. The zero-order chi connectivity index (χ0) is 17.2. The molecule has 2 aromatic heterocycles. The summed E-state index contributed by atoms with van der Waals surface area (Å²) in [4.78, 5) is 11.6. The first-order valence-electron chi connectivity index (χ1n) is 8.86. The minimum absolute atomic E-state index is 0.0995. The van der Waals surface area contributed by atoms with Crippen molar-refractivity contribution < 1.29 is 14.9 Å². The number of aromatic nitrogens is 2. The second-order valence-corrected chi connectivity index (χ2v) is 6.91. The average Bonchev–Trinajstić information content (AvgIpc) is 2.66. The molecule has 1 fully saturated rings. The first-order valence-corrected chi connectivity index (χ1v) is 8.86. The van der Waals surface area contributed by atoms with Crippen molar-refractivity contribution in [1.82, 2.24) is 9.97 Å². The molecule has 5 nitrogen and oxygen atoms in total. The molecule has 4 rings (SSSR count). The summed E-state index contributed by atoms with van der Waals surface area (Å²) in [6.45, 7) is 4.45. The quantitative estimate of drug-likeness (QED) is 0.623. The lowest BCUT2D eigenvalue weighted by molar-refractivity contribution is -1.02. The van der Waals surface area contributed by atoms with Gasteiger partial charge in [0.25, 0.3) is 0 Å². The van der Waals surface area contributed by atoms with Crippen LogP contribution in [0.5, 0.6) is 5.75 Å². The maximum Gasteiger partial charge on any atom is 0.151 e. The van der Waals surface area contributed by atoms with Crippen molar-refractivity contribution in [3.63, 3.8) is 0 Å². The molecule has 1 aliphatic rings. The molecule has 0 aliphatic carbocycles. The van der Waals surface area contributed by atoms with E-state index in [2.05, 4.69) is 41.3 Å². The molecule has 1 aliphatic heterocycles. The maximum atomic E-state index is 11.0. The van der Waals surface area contributed by atoms with Crippen LogP contribution in [0.25, 0.3) is 10.9 Å². The number of quaternary nitrogens is 2. The largest absolute Gasteiger partial charge is 0.505 e. The highest BCUT2D eigenvalue weighted by Gasteiger charge is 2.32. The number of nitrogens with one attached hydrogen (secondary N) is 2. The Morgan fingerprint density at radius 2 is 1.72 bits per heavy atom. The van der Waals surface area contributed by atoms with E-state index in [1.807, 2.05) is 24.5 Å². The smallest absolute Gasteiger partial charge is 0.151 e. The van der Waals surface area contributed by atoms with Gasteiger partial charge in [-0.15, -0.1) is 0 Å². The van der Waals surface area contributed by atoms with Gasteiger partial charge in [0.2, 0.25) is 0 Å². The van der Waals surface area contributed by atoms with E-state index in [0.717, 1.165) is 37.1 Å². The van der Waals surface area contributed by atoms with Crippen LogP contribution in [0.1, 0.15) is 17.2 Å². The van der Waals surface area contributed by atoms with Crippen molar-refractivity contribution in [3.8, 4) is 5.75 Å². The Bertz CT molecular complexity index is 860. The summed E-state index contributed by atoms with van der Waals surface area (Å²) in [5, 5.41) is 11.9. The topological polar surface area (TPSA) is 54.9 Å². The highest BCUT2D eigenvalue weighted by atomic mass is 16.3. The molecule has 0 bridgehead atoms. The molecule has 5 heteroatoms. The summed E-state index contributed by atoms with van der Waals surface area (Å²) in [5.41, 5.74) is 2.82. The number of likely N-dealkylation sites (N-methyl/N-ethyl adjacent to an activating group) is 1. The Balaban J connectivity index is 1.82. The minimum Gasteiger partial charge on any atom is -0.505 e. The number of rotatable bonds is 3. The number of phenolic OH excluding ortho intramolecular Hbond substituents is 1. The molecule has 3 N–H and O–H groups in total. The van der Waals surface area contributed by atoms with Crippen LogP contribution in [0.3, 0.4) is 0 Å². The number of benzene rings is 1. The molecular weight excluding hydrogens is 312 g/mol. The molecule has 128 valence electrons. The second kappa shape index (κ2) is 6.78. The van der Waals surface area contributed by atoms with Gasteiger partial charge in [0, 0.05) is 29.5 Å². The number of aromatic hydroxyl groups is 1. The van der Waals surface area contributed by atoms with E-state index in [0.29, 0.717) is 11.3 Å². The summed E-state index contributed by atoms with van der Waals surface area (Å²) < 4.78 is 0. The highest BCUT2D eigenvalue weighted by Crippen LogP contribution is 2.32. The number of fused-ring (bicyclic) bond motifs is 1. The third kappa shape index (κ3) is 3.08. The number of phenols is 1. The Morgan fingerprint density at radius 3 is 2.48 bits per heavy atom. The van der Waals surface area contributed by atoms with Crippen LogP contribution in [-0.2, 0) is 0 Å². The van der Waals surface area contributed by atoms with E-state index in [1.165, 1.54) is 10.5 Å². The lowest BCUT2D eigenvalue weighted by atomic mass is 9.95. The summed E-state index contributed by atoms with van der Waals surface area (Å²) in [6, 6.07) is 12.2. The highest BCUT2D eigenvalue weighted by molar-refractivity contribution is 5.85. The van der Waals surface area contributed by atoms with E-state index in [9.17, 15) is 5.11 Å². The van der Waals surface area contributed by atoms with E-state index in [-0.39, 0.29) is 6.04 Å². The second-order valence-electron chi connectivity index (χ2n) is 6.91. The number of piperazine rings is 1. The van der Waals surface area contributed by atoms with Gasteiger partial charge in [-0.25, -0.2) is 0 Å². The zero-order valence-electron chi connectivity index (χ0n) is 14.4. The van der Waals surface area contributed by atoms with Gasteiger partial charge in [-0.3, -0.25) is 9.97 Å².